The number of Topliss-reactive ketones (excluding diaryl/α,β-unsaturated/α-hetero) is 2. The molecule has 9 rings (SSSR count). The summed E-state index contributed by atoms with van der Waals surface area (Å²) >= 11 is 0. The van der Waals surface area contributed by atoms with Gasteiger partial charge in [0, 0.05) is 59.8 Å². The lowest BCUT2D eigenvalue weighted by atomic mass is 10.3. The second-order valence-corrected chi connectivity index (χ2v) is 15.6. The van der Waals surface area contributed by atoms with Gasteiger partial charge in [-0.3, -0.25) is 43.9 Å². The van der Waals surface area contributed by atoms with E-state index in [0.29, 0.717) is 0 Å². The fourth-order valence-electron chi connectivity index (χ4n) is 6.10. The number of halogens is 9. The Kier molecular flexibility index (Phi) is 17.5. The number of hydrogen-bond donors (Lipinski definition) is 3. The Bertz CT molecular complexity index is 3820. The van der Waals surface area contributed by atoms with Gasteiger partial charge in [0.1, 0.15) is 25.3 Å². The summed E-state index contributed by atoms with van der Waals surface area (Å²) < 4.78 is 118. The number of carbonyl (C=O) groups excluding carboxylic acids is 3. The molecule has 0 radical (unpaired) electrons. The normalized spacial score (nSPS) is 11.7. The fourth-order valence-corrected chi connectivity index (χ4v) is 6.10. The lowest BCUT2D eigenvalue weighted by molar-refractivity contribution is -0.136. The molecule has 0 unspecified atom stereocenters. The van der Waals surface area contributed by atoms with Crippen molar-refractivity contribution < 1.29 is 63.8 Å². The summed E-state index contributed by atoms with van der Waals surface area (Å²) in [4.78, 5) is 104. The number of ketones is 2. The minimum absolute atomic E-state index is 0.00201. The average Bonchev–Trinajstić information content (AvgIpc) is 4.31. The van der Waals surface area contributed by atoms with Crippen molar-refractivity contribution in [2.75, 3.05) is 5.32 Å². The van der Waals surface area contributed by atoms with Crippen molar-refractivity contribution >= 4 is 52.5 Å². The molecule has 9 aromatic heterocycles. The minimum Gasteiger partial charge on any atom is -0.476 e. The number of carboxylic acid groups (broad SMARTS) is 1. The molecule has 43 heteroatoms. The van der Waals surface area contributed by atoms with E-state index in [0.717, 1.165) is 40.2 Å². The number of alkyl halides is 9. The highest BCUT2D eigenvalue weighted by Gasteiger charge is 2.29. The molecule has 9 heterocycles. The number of rotatable bonds is 14. The Balaban J connectivity index is 0.000000174. The monoisotopic (exact) mass is 1130 g/mol. The molecule has 0 aromatic carbocycles. The number of carbonyl (C=O) groups is 4. The van der Waals surface area contributed by atoms with Crippen molar-refractivity contribution in [1.82, 2.24) is 118 Å². The molecule has 1 amide bonds. The Morgan fingerprint density at radius 3 is 1.38 bits per heavy atom. The number of aryl methyl sites for hydroxylation is 4. The Morgan fingerprint density at radius 1 is 0.570 bits per heavy atom. The first kappa shape index (κ1) is 58.1. The first-order chi connectivity index (χ1) is 37.0. The second-order valence-electron chi connectivity index (χ2n) is 15.6. The SMILES string of the molecule is CC(=O)c1nn2cnn(CCCC(F)(F)F)c2nc1=O.CC(=O)c1nn2cnnc2[nH]c1=O.Cn1nnnc1NC(=O)c1nn2cnn(CCCC(F)(F)F)c2nc1=O.O=C(O)c1nn2cnn(CCCC(F)(F)F)c2nc1=O. The molecule has 9 aromatic rings. The van der Waals surface area contributed by atoms with E-state index in [1.54, 1.807) is 0 Å². The molecule has 3 N–H and O–H groups in total. The molecule has 0 bridgehead atoms. The standard InChI is InChI=1S/C11H11F3N10O2.C10H10F3N5O2.C9H8F3N5O3.C6H5N5O2/c1-22-9(18-20-21-22)16-7(25)6-8(26)17-10-23(15-5-24(10)19-6)4-2-3-11(12,13)14;1-6(19)7-8(20)15-9-17(14-5-18(9)16-7)4-2-3-10(11,12)13;10-9(11,12)2-1-3-16-8-14-6(18)5(7(19)20)15-17(8)4-13-16;1-3(12)4-5(13)8-6-9-7-2-11(6)10-4/h5H,2-4H2,1H3,(H,16,18,21,25);5H,2-4H2,1H3;4H,1-3H2,(H,19,20);2H,1H3,(H,8,9,13). The molecule has 0 saturated carbocycles. The van der Waals surface area contributed by atoms with Gasteiger partial charge in [0.05, 0.1) is 0 Å². The van der Waals surface area contributed by atoms with Gasteiger partial charge in [-0.1, -0.05) is 5.10 Å². The number of H-pyrrole nitrogens is 1. The summed E-state index contributed by atoms with van der Waals surface area (Å²) in [6.45, 7) is 2.17. The molecule has 0 aliphatic heterocycles. The summed E-state index contributed by atoms with van der Waals surface area (Å²) in [5.41, 5.74) is -5.21. The largest absolute Gasteiger partial charge is 0.476 e. The molecule has 420 valence electrons. The summed E-state index contributed by atoms with van der Waals surface area (Å²) in [5, 5.41) is 54.5. The molecule has 34 nitrogen and oxygen atoms in total. The number of aromatic carboxylic acids is 1. The van der Waals surface area contributed by atoms with E-state index in [4.69, 9.17) is 5.11 Å². The molecule has 79 heavy (non-hydrogen) atoms. The van der Waals surface area contributed by atoms with Crippen LogP contribution in [0.2, 0.25) is 0 Å². The van der Waals surface area contributed by atoms with Crippen LogP contribution in [-0.2, 0) is 26.7 Å². The van der Waals surface area contributed by atoms with Gasteiger partial charge in [-0.05, 0) is 29.7 Å². The number of anilines is 1. The van der Waals surface area contributed by atoms with Gasteiger partial charge in [0.15, 0.2) is 23.0 Å². The van der Waals surface area contributed by atoms with Gasteiger partial charge < -0.3 is 5.11 Å². The zero-order chi connectivity index (χ0) is 58.1. The van der Waals surface area contributed by atoms with Crippen molar-refractivity contribution in [2.45, 2.75) is 90.5 Å². The van der Waals surface area contributed by atoms with Crippen molar-refractivity contribution in [1.29, 1.82) is 0 Å². The first-order valence-corrected chi connectivity index (χ1v) is 21.8. The van der Waals surface area contributed by atoms with E-state index in [1.807, 2.05) is 0 Å². The lowest BCUT2D eigenvalue weighted by Gasteiger charge is -2.06. The van der Waals surface area contributed by atoms with Gasteiger partial charge >= 0.3 is 41.2 Å². The number of tetrazole rings is 1. The first-order valence-electron chi connectivity index (χ1n) is 21.8. The van der Waals surface area contributed by atoms with Crippen LogP contribution in [0.1, 0.15) is 94.3 Å². The molecular formula is C36H34F9N25O9. The van der Waals surface area contributed by atoms with Crippen molar-refractivity contribution in [2.24, 2.45) is 7.05 Å². The number of nitrogens with one attached hydrogen (secondary N) is 2. The number of aromatic nitrogens is 24. The van der Waals surface area contributed by atoms with Gasteiger partial charge in [0.2, 0.25) is 17.3 Å². The van der Waals surface area contributed by atoms with Crippen molar-refractivity contribution in [3.05, 3.63) is 89.5 Å². The van der Waals surface area contributed by atoms with E-state index in [9.17, 15) is 77.9 Å². The second kappa shape index (κ2) is 23.8. The predicted octanol–water partition coefficient (Wildman–Crippen LogP) is -0.423. The zero-order valence-electron chi connectivity index (χ0n) is 40.1. The number of carboxylic acids is 1. The highest BCUT2D eigenvalue weighted by molar-refractivity contribution is 6.01. The van der Waals surface area contributed by atoms with Gasteiger partial charge in [-0.25, -0.2) is 23.5 Å². The maximum Gasteiger partial charge on any atom is 0.389 e. The number of hydrogen-bond acceptors (Lipinski definition) is 23. The van der Waals surface area contributed by atoms with Crippen LogP contribution in [0, 0.1) is 0 Å². The van der Waals surface area contributed by atoms with E-state index in [1.165, 1.54) is 42.7 Å². The third-order valence-electron chi connectivity index (χ3n) is 9.64. The molecule has 0 atom stereocenters. The molecule has 0 aliphatic rings. The summed E-state index contributed by atoms with van der Waals surface area (Å²) in [6, 6.07) is 0. The molecule has 0 saturated heterocycles. The smallest absolute Gasteiger partial charge is 0.389 e. The highest BCUT2D eigenvalue weighted by atomic mass is 19.4. The third kappa shape index (κ3) is 15.5. The van der Waals surface area contributed by atoms with E-state index < -0.39 is 94.9 Å². The van der Waals surface area contributed by atoms with E-state index in [-0.39, 0.29) is 79.3 Å². The van der Waals surface area contributed by atoms with Gasteiger partial charge in [-0.15, -0.1) is 10.2 Å². The molecule has 0 aliphatic carbocycles. The van der Waals surface area contributed by atoms with E-state index in [2.05, 4.69) is 86.7 Å². The maximum absolute atomic E-state index is 12.2. The number of fused-ring (bicyclic) bond motifs is 4. The number of aromatic amines is 1. The van der Waals surface area contributed by atoms with Gasteiger partial charge in [0.25, 0.3) is 34.6 Å². The topological polar surface area (TPSA) is 415 Å². The van der Waals surface area contributed by atoms with Crippen LogP contribution in [-0.4, -0.2) is 165 Å². The minimum atomic E-state index is -4.29. The van der Waals surface area contributed by atoms with Crippen LogP contribution in [0.4, 0.5) is 45.5 Å². The summed E-state index contributed by atoms with van der Waals surface area (Å²) in [5.74, 6) is -3.34. The van der Waals surface area contributed by atoms with Gasteiger partial charge in [-0.2, -0.15) is 108 Å². The van der Waals surface area contributed by atoms with Crippen molar-refractivity contribution in [3.8, 4) is 0 Å². The quantitative estimate of drug-likeness (QED) is 0.0919. The Labute approximate surface area is 426 Å². The molecule has 0 fully saturated rings. The van der Waals surface area contributed by atoms with Crippen molar-refractivity contribution in [3.63, 3.8) is 0 Å². The van der Waals surface area contributed by atoms with E-state index >= 15 is 0 Å². The predicted molar refractivity (Wildman–Crippen MR) is 236 cm³/mol. The van der Waals surface area contributed by atoms with Crippen LogP contribution < -0.4 is 27.6 Å². The number of nitrogens with zero attached hydrogens (tertiary/aromatic N) is 23. The summed E-state index contributed by atoms with van der Waals surface area (Å²) in [7, 11) is 1.47. The maximum atomic E-state index is 12.2. The lowest BCUT2D eigenvalue weighted by Crippen LogP contribution is -2.28. The van der Waals surface area contributed by atoms with Crippen LogP contribution in [0.5, 0.6) is 0 Å². The summed E-state index contributed by atoms with van der Waals surface area (Å²) in [6.07, 6.45) is -11.7. The highest BCUT2D eigenvalue weighted by Crippen LogP contribution is 2.23. The fraction of sp³-hybridized carbons (Fsp3) is 0.417. The third-order valence-corrected chi connectivity index (χ3v) is 9.64. The molecular weight excluding hydrogens is 1100 g/mol. The van der Waals surface area contributed by atoms with Crippen LogP contribution in [0.3, 0.4) is 0 Å². The zero-order valence-corrected chi connectivity index (χ0v) is 40.1. The Morgan fingerprint density at radius 2 is 0.975 bits per heavy atom. The average molecular weight is 1130 g/mol. The van der Waals surface area contributed by atoms with Crippen LogP contribution in [0.15, 0.2) is 44.5 Å². The van der Waals surface area contributed by atoms with Crippen LogP contribution >= 0.6 is 0 Å². The molecule has 0 spiro atoms. The Hall–Kier alpha value is -10.2. The van der Waals surface area contributed by atoms with Crippen LogP contribution in [0.25, 0.3) is 23.1 Å². The number of amides is 1.